The van der Waals surface area contributed by atoms with Crippen molar-refractivity contribution in [3.05, 3.63) is 149 Å². The van der Waals surface area contributed by atoms with Gasteiger partial charge in [-0.05, 0) is 78.4 Å². The average molecular weight is 876 g/mol. The number of rotatable bonds is 5. The molecule has 1 aliphatic rings. The zero-order valence-electron chi connectivity index (χ0n) is 31.9. The van der Waals surface area contributed by atoms with Crippen LogP contribution in [-0.4, -0.2) is 19.9 Å². The second-order valence-electron chi connectivity index (χ2n) is 14.8. The molecule has 8 rings (SSSR count). The molecule has 7 aromatic rings. The van der Waals surface area contributed by atoms with Crippen molar-refractivity contribution in [1.29, 1.82) is 0 Å². The van der Waals surface area contributed by atoms with Crippen molar-refractivity contribution in [3.8, 4) is 22.5 Å². The van der Waals surface area contributed by atoms with E-state index in [0.29, 0.717) is 5.95 Å². The van der Waals surface area contributed by atoms with E-state index in [1.165, 1.54) is 16.7 Å². The molecule has 0 amide bonds. The van der Waals surface area contributed by atoms with Gasteiger partial charge >= 0.3 is 0 Å². The van der Waals surface area contributed by atoms with Gasteiger partial charge in [0.05, 0.1) is 11.3 Å². The zero-order chi connectivity index (χ0) is 36.7. The molecule has 1 radical (unpaired) electrons. The number of benzene rings is 3. The maximum Gasteiger partial charge on any atom is 0.237 e. The van der Waals surface area contributed by atoms with Crippen LogP contribution in [0.4, 0.5) is 17.5 Å². The quantitative estimate of drug-likeness (QED) is 0.161. The minimum Gasteiger partial charge on any atom is -0.460 e. The van der Waals surface area contributed by atoms with Gasteiger partial charge in [-0.15, -0.1) is 53.6 Å². The molecule has 0 atom stereocenters. The maximum absolute atomic E-state index is 6.73. The number of furan rings is 1. The van der Waals surface area contributed by atoms with Crippen LogP contribution < -0.4 is 4.90 Å². The number of fused-ring (bicyclic) bond motifs is 4. The number of pyridine rings is 2. The predicted molar refractivity (Wildman–Crippen MR) is 212 cm³/mol. The molecule has 53 heavy (non-hydrogen) atoms. The van der Waals surface area contributed by atoms with E-state index in [9.17, 15) is 0 Å². The molecular weight excluding hydrogens is 831 g/mol. The van der Waals surface area contributed by atoms with Crippen LogP contribution in [0.1, 0.15) is 92.6 Å². The molecule has 0 N–H and O–H groups in total. The van der Waals surface area contributed by atoms with Crippen molar-refractivity contribution in [1.82, 2.24) is 19.9 Å². The standard InChI is InChI=1S/C33H33N4O.C13H12N.Ir/c1-19(2)25-17-26(20(3)4)36-32(35-25)37-27-13-9-8-12-23(27)33(6,7)30-29-22(24-16-15-21(5)18-34-24)11-10-14-28(29)38-31(30)37;1-10-8-13(14-9-11(10)2)12-6-4-3-5-7-12;/h8-10,12-20H,1-7H3;3-6,8-9H,1-2H3;/q2*-1;. The second kappa shape index (κ2) is 15.2. The molecule has 0 saturated carbocycles. The van der Waals surface area contributed by atoms with Crippen LogP contribution in [0.5, 0.6) is 0 Å². The summed E-state index contributed by atoms with van der Waals surface area (Å²) in [7, 11) is 0. The first kappa shape index (κ1) is 37.8. The number of anilines is 3. The monoisotopic (exact) mass is 876 g/mol. The van der Waals surface area contributed by atoms with Gasteiger partial charge < -0.3 is 14.4 Å². The Kier molecular flexibility index (Phi) is 10.8. The summed E-state index contributed by atoms with van der Waals surface area (Å²) in [5.74, 6) is 1.94. The summed E-state index contributed by atoms with van der Waals surface area (Å²) in [5.41, 5.74) is 13.4. The summed E-state index contributed by atoms with van der Waals surface area (Å²) in [4.78, 5) is 21.4. The molecule has 271 valence electrons. The van der Waals surface area contributed by atoms with Crippen molar-refractivity contribution in [2.75, 3.05) is 4.90 Å². The fourth-order valence-corrected chi connectivity index (χ4v) is 6.76. The van der Waals surface area contributed by atoms with Crippen LogP contribution >= 0.6 is 0 Å². The van der Waals surface area contributed by atoms with Gasteiger partial charge in [-0.1, -0.05) is 95.0 Å². The third kappa shape index (κ3) is 7.21. The molecule has 6 nitrogen and oxygen atoms in total. The summed E-state index contributed by atoms with van der Waals surface area (Å²) in [6, 6.07) is 35.4. The average Bonchev–Trinajstić information content (AvgIpc) is 3.54. The van der Waals surface area contributed by atoms with Crippen molar-refractivity contribution in [2.45, 2.75) is 79.6 Å². The van der Waals surface area contributed by atoms with E-state index in [2.05, 4.69) is 133 Å². The number of hydrogen-bond donors (Lipinski definition) is 0. The van der Waals surface area contributed by atoms with E-state index >= 15 is 0 Å². The number of aromatic nitrogens is 4. The maximum atomic E-state index is 6.73. The molecule has 5 heterocycles. The summed E-state index contributed by atoms with van der Waals surface area (Å²) >= 11 is 0. The molecular formula is C46H45IrN5O-2. The van der Waals surface area contributed by atoms with Gasteiger partial charge in [0.2, 0.25) is 11.8 Å². The molecule has 7 heteroatoms. The molecule has 0 unspecified atom stereocenters. The van der Waals surface area contributed by atoms with Crippen LogP contribution in [0.15, 0.2) is 102 Å². The Morgan fingerprint density at radius 2 is 1.42 bits per heavy atom. The predicted octanol–water partition coefficient (Wildman–Crippen LogP) is 11.9. The van der Waals surface area contributed by atoms with Crippen LogP contribution in [-0.2, 0) is 25.5 Å². The van der Waals surface area contributed by atoms with Crippen molar-refractivity contribution in [2.24, 2.45) is 0 Å². The molecule has 0 saturated heterocycles. The van der Waals surface area contributed by atoms with E-state index in [4.69, 9.17) is 19.4 Å². The Balaban J connectivity index is 0.000000269. The van der Waals surface area contributed by atoms with Gasteiger partial charge in [0.25, 0.3) is 0 Å². The Bertz CT molecular complexity index is 2350. The Morgan fingerprint density at radius 1 is 0.717 bits per heavy atom. The van der Waals surface area contributed by atoms with Crippen LogP contribution in [0.3, 0.4) is 0 Å². The van der Waals surface area contributed by atoms with Gasteiger partial charge in [-0.25, -0.2) is 14.9 Å². The summed E-state index contributed by atoms with van der Waals surface area (Å²) < 4.78 is 6.73. The Morgan fingerprint density at radius 3 is 2.06 bits per heavy atom. The van der Waals surface area contributed by atoms with Gasteiger partial charge in [-0.2, -0.15) is 0 Å². The first-order valence-electron chi connectivity index (χ1n) is 18.0. The summed E-state index contributed by atoms with van der Waals surface area (Å²) in [6.45, 7) is 19.4. The largest absolute Gasteiger partial charge is 0.460 e. The minimum absolute atomic E-state index is 0. The summed E-state index contributed by atoms with van der Waals surface area (Å²) in [5, 5.41) is 1.03. The number of nitrogens with zero attached hydrogens (tertiary/aromatic N) is 5. The normalized spacial score (nSPS) is 12.9. The van der Waals surface area contributed by atoms with Crippen LogP contribution in [0, 0.1) is 32.9 Å². The van der Waals surface area contributed by atoms with Crippen molar-refractivity contribution >= 4 is 28.5 Å². The van der Waals surface area contributed by atoms with Gasteiger partial charge in [0.15, 0.2) is 0 Å². The molecule has 0 bridgehead atoms. The van der Waals surface area contributed by atoms with Crippen molar-refractivity contribution < 1.29 is 24.5 Å². The Hall–Kier alpha value is -4.97. The SMILES string of the molecule is Cc1ccc(-c2[c-]ccc3oc4c(c23)C(C)(C)c2ccccc2N4c2nc(C(C)C)cc(C(C)C)n2)nc1.Cc1cnc(-c2[c-]cccc2)cc1C.[Ir]. The van der Waals surface area contributed by atoms with E-state index in [1.807, 2.05) is 48.8 Å². The smallest absolute Gasteiger partial charge is 0.237 e. The molecule has 3 aromatic carbocycles. The number of aryl methyl sites for hydroxylation is 3. The third-order valence-corrected chi connectivity index (χ3v) is 9.94. The van der Waals surface area contributed by atoms with Gasteiger partial charge in [0.1, 0.15) is 0 Å². The first-order chi connectivity index (χ1) is 24.9. The number of hydrogen-bond acceptors (Lipinski definition) is 6. The zero-order valence-corrected chi connectivity index (χ0v) is 34.3. The molecule has 0 aliphatic carbocycles. The van der Waals surface area contributed by atoms with Crippen LogP contribution in [0.25, 0.3) is 33.5 Å². The molecule has 0 fully saturated rings. The van der Waals surface area contributed by atoms with Crippen LogP contribution in [0.2, 0.25) is 0 Å². The van der Waals surface area contributed by atoms with E-state index in [1.54, 1.807) is 0 Å². The van der Waals surface area contributed by atoms with E-state index in [0.717, 1.165) is 67.6 Å². The second-order valence-corrected chi connectivity index (χ2v) is 14.8. The van der Waals surface area contributed by atoms with Crippen molar-refractivity contribution in [3.63, 3.8) is 0 Å². The fourth-order valence-electron chi connectivity index (χ4n) is 6.76. The first-order valence-corrected chi connectivity index (χ1v) is 18.0. The summed E-state index contributed by atoms with van der Waals surface area (Å²) in [6.07, 6.45) is 3.81. The molecule has 0 spiro atoms. The minimum atomic E-state index is -0.334. The third-order valence-electron chi connectivity index (χ3n) is 9.94. The van der Waals surface area contributed by atoms with E-state index in [-0.39, 0.29) is 37.4 Å². The topological polar surface area (TPSA) is 67.9 Å². The Labute approximate surface area is 327 Å². The number of para-hydroxylation sites is 1. The molecule has 4 aromatic heterocycles. The molecule has 1 aliphatic heterocycles. The van der Waals surface area contributed by atoms with Gasteiger partial charge in [-0.3, -0.25) is 0 Å². The van der Waals surface area contributed by atoms with Gasteiger partial charge in [0, 0.05) is 49.3 Å². The fraction of sp³-hybridized carbons (Fsp3) is 0.261. The van der Waals surface area contributed by atoms with E-state index < -0.39 is 0 Å².